The molecule has 1 atom stereocenters. The maximum absolute atomic E-state index is 13.1. The van der Waals surface area contributed by atoms with Crippen LogP contribution in [0.3, 0.4) is 0 Å². The van der Waals surface area contributed by atoms with E-state index in [1.165, 1.54) is 0 Å². The normalized spacial score (nSPS) is 33.5. The van der Waals surface area contributed by atoms with Crippen LogP contribution in [0.25, 0.3) is 0 Å². The zero-order valence-electron chi connectivity index (χ0n) is 8.04. The molecule has 2 aliphatic heterocycles. The van der Waals surface area contributed by atoms with Gasteiger partial charge in [-0.2, -0.15) is 0 Å². The van der Waals surface area contributed by atoms with Gasteiger partial charge in [0.15, 0.2) is 0 Å². The molecule has 2 saturated heterocycles. The summed E-state index contributed by atoms with van der Waals surface area (Å²) in [7, 11) is 0. The Morgan fingerprint density at radius 2 is 1.92 bits per heavy atom. The molecule has 0 radical (unpaired) electrons. The lowest BCUT2D eigenvalue weighted by atomic mass is 10.0. The maximum Gasteiger partial charge on any atom is 0.113 e. The van der Waals surface area contributed by atoms with E-state index in [4.69, 9.17) is 4.74 Å². The van der Waals surface area contributed by atoms with Crippen LogP contribution < -0.4 is 0 Å². The molecule has 0 saturated carbocycles. The highest BCUT2D eigenvalue weighted by Gasteiger charge is 2.26. The second-order valence-corrected chi connectivity index (χ2v) is 4.08. The van der Waals surface area contributed by atoms with Gasteiger partial charge in [0.2, 0.25) is 0 Å². The summed E-state index contributed by atoms with van der Waals surface area (Å²) in [6, 6.07) is 0.590. The van der Waals surface area contributed by atoms with Crippen LogP contribution in [0.15, 0.2) is 0 Å². The quantitative estimate of drug-likeness (QED) is 0.618. The molecule has 2 fully saturated rings. The fourth-order valence-corrected chi connectivity index (χ4v) is 2.33. The first-order valence-corrected chi connectivity index (χ1v) is 5.32. The summed E-state index contributed by atoms with van der Waals surface area (Å²) >= 11 is 0. The molecule has 76 valence electrons. The van der Waals surface area contributed by atoms with Gasteiger partial charge in [-0.3, -0.25) is 4.90 Å². The van der Waals surface area contributed by atoms with Gasteiger partial charge in [-0.25, -0.2) is 4.39 Å². The zero-order valence-corrected chi connectivity index (χ0v) is 8.04. The predicted octanol–water partition coefficient (Wildman–Crippen LogP) is 1.60. The molecule has 0 aliphatic carbocycles. The summed E-state index contributed by atoms with van der Waals surface area (Å²) in [5.41, 5.74) is 0. The minimum absolute atomic E-state index is 0.586. The van der Waals surface area contributed by atoms with Crippen molar-refractivity contribution in [1.82, 2.24) is 4.90 Å². The molecule has 0 N–H and O–H groups in total. The van der Waals surface area contributed by atoms with Crippen molar-refractivity contribution in [2.75, 3.05) is 26.3 Å². The summed E-state index contributed by atoms with van der Waals surface area (Å²) in [6.45, 7) is 3.46. The Kier molecular flexibility index (Phi) is 3.17. The molecule has 0 spiro atoms. The smallest absolute Gasteiger partial charge is 0.113 e. The summed E-state index contributed by atoms with van der Waals surface area (Å²) in [4.78, 5) is 2.32. The number of piperidine rings is 1. The van der Waals surface area contributed by atoms with Gasteiger partial charge < -0.3 is 4.74 Å². The van der Waals surface area contributed by atoms with Gasteiger partial charge in [0, 0.05) is 25.8 Å². The van der Waals surface area contributed by atoms with Crippen molar-refractivity contribution >= 4 is 0 Å². The van der Waals surface area contributed by atoms with Gasteiger partial charge in [-0.1, -0.05) is 0 Å². The number of rotatable bonds is 1. The Bertz CT molecular complexity index is 159. The topological polar surface area (TPSA) is 12.5 Å². The molecule has 0 amide bonds. The number of alkyl halides is 1. The Labute approximate surface area is 79.1 Å². The molecule has 0 aromatic heterocycles. The number of likely N-dealkylation sites (tertiary alicyclic amines) is 1. The molecule has 0 aromatic carbocycles. The van der Waals surface area contributed by atoms with Crippen LogP contribution in [0.2, 0.25) is 0 Å². The van der Waals surface area contributed by atoms with Crippen LogP contribution in [0.1, 0.15) is 25.7 Å². The number of hydrogen-bond donors (Lipinski definition) is 0. The van der Waals surface area contributed by atoms with E-state index < -0.39 is 6.17 Å². The van der Waals surface area contributed by atoms with E-state index in [0.717, 1.165) is 45.4 Å². The largest absolute Gasteiger partial charge is 0.381 e. The molecule has 0 bridgehead atoms. The first kappa shape index (κ1) is 9.41. The van der Waals surface area contributed by atoms with E-state index in [1.807, 2.05) is 0 Å². The van der Waals surface area contributed by atoms with E-state index in [9.17, 15) is 4.39 Å². The number of hydrogen-bond acceptors (Lipinski definition) is 2. The van der Waals surface area contributed by atoms with Crippen LogP contribution in [-0.4, -0.2) is 43.4 Å². The van der Waals surface area contributed by atoms with Crippen LogP contribution in [0.4, 0.5) is 4.39 Å². The number of nitrogens with zero attached hydrogens (tertiary/aromatic N) is 1. The first-order chi connectivity index (χ1) is 6.36. The van der Waals surface area contributed by atoms with Gasteiger partial charge in [-0.15, -0.1) is 0 Å². The molecule has 3 heteroatoms. The molecule has 2 rings (SSSR count). The Hall–Kier alpha value is -0.150. The molecule has 2 heterocycles. The van der Waals surface area contributed by atoms with Crippen LogP contribution in [0, 0.1) is 0 Å². The van der Waals surface area contributed by atoms with Crippen LogP contribution >= 0.6 is 0 Å². The lowest BCUT2D eigenvalue weighted by molar-refractivity contribution is 0.0129. The molecular formula is C10H18FNO. The van der Waals surface area contributed by atoms with Crippen molar-refractivity contribution < 1.29 is 9.13 Å². The van der Waals surface area contributed by atoms with Gasteiger partial charge in [0.05, 0.1) is 0 Å². The Morgan fingerprint density at radius 1 is 1.15 bits per heavy atom. The highest BCUT2D eigenvalue weighted by Crippen LogP contribution is 2.20. The number of ether oxygens (including phenoxy) is 1. The van der Waals surface area contributed by atoms with E-state index in [-0.39, 0.29) is 0 Å². The predicted molar refractivity (Wildman–Crippen MR) is 49.5 cm³/mol. The third kappa shape index (κ3) is 2.41. The average molecular weight is 187 g/mol. The zero-order chi connectivity index (χ0) is 9.10. The lowest BCUT2D eigenvalue weighted by Gasteiger charge is -2.37. The van der Waals surface area contributed by atoms with Gasteiger partial charge in [0.25, 0.3) is 0 Å². The maximum atomic E-state index is 13.1. The van der Waals surface area contributed by atoms with E-state index in [2.05, 4.69) is 4.90 Å². The molecule has 13 heavy (non-hydrogen) atoms. The number of halogens is 1. The molecule has 0 aromatic rings. The highest BCUT2D eigenvalue weighted by atomic mass is 19.1. The minimum Gasteiger partial charge on any atom is -0.381 e. The molecule has 0 unspecified atom stereocenters. The van der Waals surface area contributed by atoms with Gasteiger partial charge >= 0.3 is 0 Å². The fraction of sp³-hybridized carbons (Fsp3) is 1.00. The third-order valence-electron chi connectivity index (χ3n) is 3.10. The van der Waals surface area contributed by atoms with Crippen molar-refractivity contribution in [2.24, 2.45) is 0 Å². The monoisotopic (exact) mass is 187 g/mol. The Balaban J connectivity index is 1.83. The minimum atomic E-state index is -0.586. The Morgan fingerprint density at radius 3 is 2.62 bits per heavy atom. The van der Waals surface area contributed by atoms with Gasteiger partial charge in [0.1, 0.15) is 6.17 Å². The SMILES string of the molecule is F[C@H]1CCCN(C2CCOCC2)C1. The molecular weight excluding hydrogens is 169 g/mol. The second kappa shape index (κ2) is 4.38. The van der Waals surface area contributed by atoms with Gasteiger partial charge in [-0.05, 0) is 32.2 Å². The van der Waals surface area contributed by atoms with E-state index in [1.54, 1.807) is 0 Å². The third-order valence-corrected chi connectivity index (χ3v) is 3.10. The first-order valence-electron chi connectivity index (χ1n) is 5.32. The summed E-state index contributed by atoms with van der Waals surface area (Å²) in [5.74, 6) is 0. The average Bonchev–Trinajstić information content (AvgIpc) is 2.19. The fourth-order valence-electron chi connectivity index (χ4n) is 2.33. The van der Waals surface area contributed by atoms with Crippen molar-refractivity contribution in [3.63, 3.8) is 0 Å². The lowest BCUT2D eigenvalue weighted by Crippen LogP contribution is -2.45. The summed E-state index contributed by atoms with van der Waals surface area (Å²) < 4.78 is 18.4. The summed E-state index contributed by atoms with van der Waals surface area (Å²) in [6.07, 6.45) is 3.38. The second-order valence-electron chi connectivity index (χ2n) is 4.08. The summed E-state index contributed by atoms with van der Waals surface area (Å²) in [5, 5.41) is 0. The standard InChI is InChI=1S/C10H18FNO/c11-9-2-1-5-12(8-9)10-3-6-13-7-4-10/h9-10H,1-8H2/t9-/m0/s1. The van der Waals surface area contributed by atoms with Crippen molar-refractivity contribution in [2.45, 2.75) is 37.9 Å². The van der Waals surface area contributed by atoms with Crippen molar-refractivity contribution in [3.05, 3.63) is 0 Å². The van der Waals surface area contributed by atoms with E-state index >= 15 is 0 Å². The van der Waals surface area contributed by atoms with Crippen LogP contribution in [0.5, 0.6) is 0 Å². The van der Waals surface area contributed by atoms with Crippen molar-refractivity contribution in [3.8, 4) is 0 Å². The highest BCUT2D eigenvalue weighted by molar-refractivity contribution is 4.80. The van der Waals surface area contributed by atoms with Crippen molar-refractivity contribution in [1.29, 1.82) is 0 Å². The molecule has 2 nitrogen and oxygen atoms in total. The van der Waals surface area contributed by atoms with E-state index in [0.29, 0.717) is 12.6 Å². The molecule has 2 aliphatic rings. The van der Waals surface area contributed by atoms with Crippen LogP contribution in [-0.2, 0) is 4.74 Å².